The van der Waals surface area contributed by atoms with E-state index in [2.05, 4.69) is 51.0 Å². The lowest BCUT2D eigenvalue weighted by molar-refractivity contribution is 0.447. The molecule has 1 saturated heterocycles. The number of rotatable bonds is 3. The maximum atomic E-state index is 3.26. The molecule has 1 aliphatic heterocycles. The van der Waals surface area contributed by atoms with Crippen LogP contribution in [0.15, 0.2) is 28.6 Å². The maximum Gasteiger partial charge on any atom is 0.0353 e. The first-order valence-electron chi connectivity index (χ1n) is 5.86. The Morgan fingerprint density at radius 2 is 1.80 bits per heavy atom. The zero-order chi connectivity index (χ0) is 11.0. The summed E-state index contributed by atoms with van der Waals surface area (Å²) in [5.74, 6) is 1.63. The molecule has 2 aliphatic rings. The minimum atomic E-state index is 0.0203. The molecule has 1 fully saturated rings. The third-order valence-corrected chi connectivity index (χ3v) is 7.33. The number of hydrogen-bond acceptors (Lipinski definition) is 0. The average molecular weight is 218 g/mol. The molecule has 2 atom stereocenters. The summed E-state index contributed by atoms with van der Waals surface area (Å²) >= 11 is 0. The fraction of sp³-hybridized carbons (Fsp3) is 0.643. The molecule has 0 amide bonds. The van der Waals surface area contributed by atoms with Gasteiger partial charge in [-0.2, -0.15) is 0 Å². The normalized spacial score (nSPS) is 29.1. The van der Waals surface area contributed by atoms with Crippen molar-refractivity contribution in [2.45, 2.75) is 45.4 Å². The van der Waals surface area contributed by atoms with Gasteiger partial charge in [0.25, 0.3) is 0 Å². The highest BCUT2D eigenvalue weighted by Gasteiger charge is 2.44. The SMILES string of the molecule is CC(C)[C@@H]1C[C@@H](C(C)C)P1C1=C=C=C=C1. The monoisotopic (exact) mass is 218 g/mol. The summed E-state index contributed by atoms with van der Waals surface area (Å²) in [6.45, 7) is 9.42. The summed E-state index contributed by atoms with van der Waals surface area (Å²) in [7, 11) is 0.0203. The van der Waals surface area contributed by atoms with Crippen molar-refractivity contribution in [2.24, 2.45) is 11.8 Å². The zero-order valence-corrected chi connectivity index (χ0v) is 10.9. The quantitative estimate of drug-likeness (QED) is 0.490. The van der Waals surface area contributed by atoms with Crippen molar-refractivity contribution in [1.29, 1.82) is 0 Å². The second kappa shape index (κ2) is 4.17. The fourth-order valence-corrected chi connectivity index (χ4v) is 5.91. The molecule has 0 aromatic rings. The Morgan fingerprint density at radius 3 is 2.20 bits per heavy atom. The highest BCUT2D eigenvalue weighted by molar-refractivity contribution is 7.65. The topological polar surface area (TPSA) is 0 Å². The molecule has 15 heavy (non-hydrogen) atoms. The first kappa shape index (κ1) is 11.0. The highest BCUT2D eigenvalue weighted by atomic mass is 31.1. The van der Waals surface area contributed by atoms with Gasteiger partial charge in [-0.1, -0.05) is 47.1 Å². The van der Waals surface area contributed by atoms with Gasteiger partial charge in [-0.05, 0) is 35.3 Å². The largest absolute Gasteiger partial charge is 0.0622 e. The second-order valence-electron chi connectivity index (χ2n) is 5.19. The van der Waals surface area contributed by atoms with Crippen molar-refractivity contribution in [3.63, 3.8) is 0 Å². The van der Waals surface area contributed by atoms with E-state index in [4.69, 9.17) is 0 Å². The van der Waals surface area contributed by atoms with Crippen molar-refractivity contribution < 1.29 is 0 Å². The van der Waals surface area contributed by atoms with Gasteiger partial charge in [0.2, 0.25) is 0 Å². The third-order valence-electron chi connectivity index (χ3n) is 3.49. The Balaban J connectivity index is 2.16. The smallest absolute Gasteiger partial charge is 0.0353 e. The molecule has 0 unspecified atom stereocenters. The molecule has 0 aromatic carbocycles. The van der Waals surface area contributed by atoms with Crippen LogP contribution in [0.5, 0.6) is 0 Å². The Labute approximate surface area is 94.2 Å². The lowest BCUT2D eigenvalue weighted by atomic mass is 9.98. The molecule has 0 radical (unpaired) electrons. The van der Waals surface area contributed by atoms with Crippen molar-refractivity contribution >= 4 is 7.92 Å². The molecule has 0 spiro atoms. The lowest BCUT2D eigenvalue weighted by Crippen LogP contribution is -2.37. The Bertz CT molecular complexity index is 370. The van der Waals surface area contributed by atoms with E-state index in [1.165, 1.54) is 11.7 Å². The second-order valence-corrected chi connectivity index (χ2v) is 7.81. The zero-order valence-electron chi connectivity index (χ0n) is 10.0. The Hall–Kier alpha value is -0.490. The van der Waals surface area contributed by atoms with Crippen LogP contribution in [0, 0.1) is 11.8 Å². The number of allylic oxidation sites excluding steroid dienone is 2. The molecule has 0 aromatic heterocycles. The van der Waals surface area contributed by atoms with Crippen LogP contribution >= 0.6 is 7.92 Å². The Kier molecular flexibility index (Phi) is 3.06. The minimum Gasteiger partial charge on any atom is -0.0622 e. The molecule has 0 bridgehead atoms. The van der Waals surface area contributed by atoms with E-state index < -0.39 is 0 Å². The summed E-state index contributed by atoms with van der Waals surface area (Å²) in [6, 6.07) is 0. The van der Waals surface area contributed by atoms with Crippen LogP contribution in [0.3, 0.4) is 0 Å². The molecule has 1 aliphatic carbocycles. The molecule has 0 nitrogen and oxygen atoms in total. The van der Waals surface area contributed by atoms with Crippen LogP contribution in [0.25, 0.3) is 0 Å². The summed E-state index contributed by atoms with van der Waals surface area (Å²) in [5, 5.41) is 1.41. The van der Waals surface area contributed by atoms with Crippen LogP contribution in [-0.2, 0) is 0 Å². The van der Waals surface area contributed by atoms with E-state index in [1.807, 2.05) is 0 Å². The summed E-state index contributed by atoms with van der Waals surface area (Å²) in [6.07, 6.45) is 3.52. The fourth-order valence-electron chi connectivity index (χ4n) is 2.51. The Morgan fingerprint density at radius 1 is 1.20 bits per heavy atom. The van der Waals surface area contributed by atoms with Gasteiger partial charge in [0.15, 0.2) is 0 Å². The van der Waals surface area contributed by atoms with Gasteiger partial charge in [0.1, 0.15) is 0 Å². The molecule has 2 rings (SSSR count). The van der Waals surface area contributed by atoms with E-state index in [0.29, 0.717) is 0 Å². The van der Waals surface area contributed by atoms with E-state index in [9.17, 15) is 0 Å². The summed E-state index contributed by atoms with van der Waals surface area (Å²) in [4.78, 5) is 0. The van der Waals surface area contributed by atoms with Gasteiger partial charge in [0, 0.05) is 11.4 Å². The van der Waals surface area contributed by atoms with Gasteiger partial charge in [-0.25, -0.2) is 0 Å². The van der Waals surface area contributed by atoms with E-state index in [1.54, 1.807) is 0 Å². The van der Waals surface area contributed by atoms with Gasteiger partial charge >= 0.3 is 0 Å². The van der Waals surface area contributed by atoms with E-state index in [0.717, 1.165) is 23.2 Å². The molecule has 1 heteroatoms. The predicted octanol–water partition coefficient (Wildman–Crippen LogP) is 4.28. The van der Waals surface area contributed by atoms with Gasteiger partial charge in [-0.3, -0.25) is 0 Å². The molecule has 0 N–H and O–H groups in total. The average Bonchev–Trinajstić information content (AvgIpc) is 2.53. The highest BCUT2D eigenvalue weighted by Crippen LogP contribution is 2.68. The van der Waals surface area contributed by atoms with Crippen molar-refractivity contribution in [3.05, 3.63) is 28.6 Å². The van der Waals surface area contributed by atoms with Crippen molar-refractivity contribution in [2.75, 3.05) is 0 Å². The van der Waals surface area contributed by atoms with Gasteiger partial charge < -0.3 is 0 Å². The molecule has 80 valence electrons. The first-order chi connectivity index (χ1) is 7.11. The van der Waals surface area contributed by atoms with Gasteiger partial charge in [0.05, 0.1) is 0 Å². The summed E-state index contributed by atoms with van der Waals surface area (Å²) < 4.78 is 0. The van der Waals surface area contributed by atoms with Crippen LogP contribution in [0.2, 0.25) is 0 Å². The van der Waals surface area contributed by atoms with Crippen molar-refractivity contribution in [3.8, 4) is 0 Å². The van der Waals surface area contributed by atoms with Crippen LogP contribution in [0.4, 0.5) is 0 Å². The maximum absolute atomic E-state index is 3.26. The minimum absolute atomic E-state index is 0.0203. The van der Waals surface area contributed by atoms with E-state index >= 15 is 0 Å². The third kappa shape index (κ3) is 1.92. The van der Waals surface area contributed by atoms with Crippen LogP contribution < -0.4 is 0 Å². The lowest BCUT2D eigenvalue weighted by Gasteiger charge is -2.49. The summed E-state index contributed by atoms with van der Waals surface area (Å²) in [5.41, 5.74) is 11.1. The molecule has 0 saturated carbocycles. The predicted molar refractivity (Wildman–Crippen MR) is 67.4 cm³/mol. The van der Waals surface area contributed by atoms with Crippen molar-refractivity contribution in [1.82, 2.24) is 0 Å². The number of hydrogen-bond donors (Lipinski definition) is 0. The molecular weight excluding hydrogens is 199 g/mol. The van der Waals surface area contributed by atoms with Gasteiger partial charge in [-0.15, -0.1) is 0 Å². The molecule has 1 heterocycles. The standard InChI is InChI=1S/C14H19P/c1-10(2)13-9-14(11(3)4)15(13)12-7-5-6-8-12/h7,10-11,13-14H,9H2,1-4H3/t13-,14-/m0/s1. The van der Waals surface area contributed by atoms with Crippen LogP contribution in [-0.4, -0.2) is 11.3 Å². The molecular formula is C14H19P. The van der Waals surface area contributed by atoms with Crippen LogP contribution in [0.1, 0.15) is 34.1 Å². The van der Waals surface area contributed by atoms with E-state index in [-0.39, 0.29) is 7.92 Å². The first-order valence-corrected chi connectivity index (χ1v) is 7.34.